The van der Waals surface area contributed by atoms with Crippen LogP contribution in [0.5, 0.6) is 0 Å². The lowest BCUT2D eigenvalue weighted by Gasteiger charge is -2.06. The summed E-state index contributed by atoms with van der Waals surface area (Å²) in [5.41, 5.74) is 1.41. The van der Waals surface area contributed by atoms with E-state index in [2.05, 4.69) is 20.7 Å². The Kier molecular flexibility index (Phi) is 3.98. The van der Waals surface area contributed by atoms with Crippen LogP contribution in [0.3, 0.4) is 0 Å². The Morgan fingerprint density at radius 1 is 1.50 bits per heavy atom. The van der Waals surface area contributed by atoms with Crippen molar-refractivity contribution in [1.82, 2.24) is 4.57 Å². The molecule has 0 radical (unpaired) electrons. The first-order valence-electron chi connectivity index (χ1n) is 5.12. The van der Waals surface area contributed by atoms with Crippen LogP contribution >= 0.6 is 27.3 Å². The number of hydrogen-bond donors (Lipinski definition) is 0. The molecular weight excluding hydrogens is 318 g/mol. The number of rotatable bonds is 3. The third-order valence-corrected chi connectivity index (χ3v) is 3.89. The van der Waals surface area contributed by atoms with Crippen molar-refractivity contribution in [3.05, 3.63) is 55.0 Å². The normalized spacial score (nSPS) is 10.3. The molecule has 1 heterocycles. The van der Waals surface area contributed by atoms with Crippen LogP contribution < -0.4 is 4.87 Å². The molecule has 1 aromatic heterocycles. The number of carbonyl (C=O) groups excluding carboxylic acids is 1. The summed E-state index contributed by atoms with van der Waals surface area (Å²) in [6, 6.07) is 5.18. The summed E-state index contributed by atoms with van der Waals surface area (Å²) in [7, 11) is 1.34. The second-order valence-electron chi connectivity index (χ2n) is 3.59. The number of esters is 1. The molecule has 0 spiro atoms. The second-order valence-corrected chi connectivity index (χ2v) is 5.31. The van der Waals surface area contributed by atoms with Gasteiger partial charge in [0.15, 0.2) is 0 Å². The number of benzene rings is 1. The number of thiazole rings is 1. The van der Waals surface area contributed by atoms with E-state index < -0.39 is 0 Å². The van der Waals surface area contributed by atoms with Crippen molar-refractivity contribution in [2.45, 2.75) is 6.54 Å². The van der Waals surface area contributed by atoms with E-state index in [1.165, 1.54) is 7.11 Å². The number of nitrogens with zero attached hydrogens (tertiary/aromatic N) is 1. The molecule has 2 aromatic rings. The highest BCUT2D eigenvalue weighted by Gasteiger charge is 2.09. The van der Waals surface area contributed by atoms with Crippen molar-refractivity contribution in [1.29, 1.82) is 0 Å². The fraction of sp³-hybridized carbons (Fsp3) is 0.167. The topological polar surface area (TPSA) is 48.3 Å². The number of aromatic nitrogens is 1. The highest BCUT2D eigenvalue weighted by molar-refractivity contribution is 9.10. The van der Waals surface area contributed by atoms with E-state index in [4.69, 9.17) is 0 Å². The highest BCUT2D eigenvalue weighted by Crippen LogP contribution is 2.20. The van der Waals surface area contributed by atoms with Gasteiger partial charge in [-0.1, -0.05) is 33.3 Å². The van der Waals surface area contributed by atoms with Gasteiger partial charge in [-0.25, -0.2) is 4.79 Å². The van der Waals surface area contributed by atoms with Crippen LogP contribution in [0, 0.1) is 0 Å². The minimum absolute atomic E-state index is 0.000977. The smallest absolute Gasteiger partial charge is 0.337 e. The molecule has 0 atom stereocenters. The fourth-order valence-electron chi connectivity index (χ4n) is 1.51. The summed E-state index contributed by atoms with van der Waals surface area (Å²) >= 11 is 4.55. The second kappa shape index (κ2) is 5.49. The Labute approximate surface area is 116 Å². The summed E-state index contributed by atoms with van der Waals surface area (Å²) in [6.07, 6.45) is 1.74. The first-order chi connectivity index (χ1) is 8.61. The summed E-state index contributed by atoms with van der Waals surface area (Å²) < 4.78 is 7.04. The summed E-state index contributed by atoms with van der Waals surface area (Å²) in [5, 5.41) is 1.75. The predicted octanol–water partition coefficient (Wildman–Crippen LogP) is 2.51. The fourth-order valence-corrected chi connectivity index (χ4v) is 2.60. The summed E-state index contributed by atoms with van der Waals surface area (Å²) in [4.78, 5) is 22.8. The van der Waals surface area contributed by atoms with Gasteiger partial charge in [0, 0.05) is 16.0 Å². The average Bonchev–Trinajstić information content (AvgIpc) is 2.76. The van der Waals surface area contributed by atoms with E-state index in [1.54, 1.807) is 34.3 Å². The van der Waals surface area contributed by atoms with Crippen molar-refractivity contribution < 1.29 is 9.53 Å². The Bertz CT molecular complexity index is 632. The van der Waals surface area contributed by atoms with E-state index in [0.717, 1.165) is 21.4 Å². The quantitative estimate of drug-likeness (QED) is 0.814. The van der Waals surface area contributed by atoms with Gasteiger partial charge in [0.05, 0.1) is 19.2 Å². The van der Waals surface area contributed by atoms with Crippen LogP contribution in [-0.4, -0.2) is 17.6 Å². The zero-order valence-electron chi connectivity index (χ0n) is 9.55. The molecule has 2 rings (SSSR count). The molecule has 0 saturated carbocycles. The highest BCUT2D eigenvalue weighted by atomic mass is 79.9. The molecule has 0 amide bonds. The van der Waals surface area contributed by atoms with Gasteiger partial charge in [-0.2, -0.15) is 0 Å². The lowest BCUT2D eigenvalue weighted by atomic mass is 10.1. The maximum absolute atomic E-state index is 11.4. The monoisotopic (exact) mass is 327 g/mol. The van der Waals surface area contributed by atoms with Crippen LogP contribution in [0.2, 0.25) is 0 Å². The van der Waals surface area contributed by atoms with Gasteiger partial charge < -0.3 is 9.30 Å². The van der Waals surface area contributed by atoms with Crippen molar-refractivity contribution in [2.24, 2.45) is 0 Å². The maximum Gasteiger partial charge on any atom is 0.337 e. The zero-order chi connectivity index (χ0) is 13.1. The number of ether oxygens (including phenoxy) is 1. The lowest BCUT2D eigenvalue weighted by molar-refractivity contribution is 0.0600. The zero-order valence-corrected chi connectivity index (χ0v) is 12.0. The molecular formula is C12H10BrNO3S. The molecule has 0 aliphatic heterocycles. The SMILES string of the molecule is COC(=O)c1ccc(Cn2ccsc2=O)c(Br)c1. The first-order valence-corrected chi connectivity index (χ1v) is 6.80. The van der Waals surface area contributed by atoms with Gasteiger partial charge in [0.1, 0.15) is 0 Å². The third kappa shape index (κ3) is 2.70. The Balaban J connectivity index is 2.28. The number of methoxy groups -OCH3 is 1. The number of hydrogen-bond acceptors (Lipinski definition) is 4. The number of halogens is 1. The standard InChI is InChI=1S/C12H10BrNO3S/c1-17-11(15)8-2-3-9(10(13)6-8)7-14-4-5-18-12(14)16/h2-6H,7H2,1H3. The van der Waals surface area contributed by atoms with E-state index >= 15 is 0 Å². The molecule has 0 aliphatic carbocycles. The van der Waals surface area contributed by atoms with Gasteiger partial charge >= 0.3 is 10.8 Å². The first kappa shape index (κ1) is 13.0. The Hall–Kier alpha value is -1.40. The third-order valence-electron chi connectivity index (χ3n) is 2.46. The average molecular weight is 328 g/mol. The molecule has 4 nitrogen and oxygen atoms in total. The molecule has 0 aliphatic rings. The van der Waals surface area contributed by atoms with Crippen LogP contribution in [-0.2, 0) is 11.3 Å². The lowest BCUT2D eigenvalue weighted by Crippen LogP contribution is -2.13. The van der Waals surface area contributed by atoms with E-state index in [0.29, 0.717) is 12.1 Å². The summed E-state index contributed by atoms with van der Waals surface area (Å²) in [6.45, 7) is 0.477. The summed E-state index contributed by atoms with van der Waals surface area (Å²) in [5.74, 6) is -0.380. The van der Waals surface area contributed by atoms with E-state index in [9.17, 15) is 9.59 Å². The molecule has 6 heteroatoms. The minimum atomic E-state index is -0.380. The molecule has 0 bridgehead atoms. The van der Waals surface area contributed by atoms with Crippen LogP contribution in [0.4, 0.5) is 0 Å². The predicted molar refractivity (Wildman–Crippen MR) is 73.2 cm³/mol. The molecule has 18 heavy (non-hydrogen) atoms. The molecule has 1 aromatic carbocycles. The van der Waals surface area contributed by atoms with E-state index in [-0.39, 0.29) is 10.8 Å². The molecule has 0 saturated heterocycles. The van der Waals surface area contributed by atoms with Crippen molar-refractivity contribution in [3.8, 4) is 0 Å². The van der Waals surface area contributed by atoms with Gasteiger partial charge in [-0.3, -0.25) is 4.79 Å². The maximum atomic E-state index is 11.4. The van der Waals surface area contributed by atoms with Crippen LogP contribution in [0.15, 0.2) is 39.0 Å². The van der Waals surface area contributed by atoms with Gasteiger partial charge in [0.25, 0.3) is 0 Å². The Morgan fingerprint density at radius 2 is 2.28 bits per heavy atom. The molecule has 0 fully saturated rings. The van der Waals surface area contributed by atoms with Crippen molar-refractivity contribution in [3.63, 3.8) is 0 Å². The minimum Gasteiger partial charge on any atom is -0.465 e. The molecule has 0 unspecified atom stereocenters. The number of carbonyl (C=O) groups is 1. The van der Waals surface area contributed by atoms with Crippen LogP contribution in [0.1, 0.15) is 15.9 Å². The van der Waals surface area contributed by atoms with Crippen molar-refractivity contribution in [2.75, 3.05) is 7.11 Å². The van der Waals surface area contributed by atoms with Gasteiger partial charge in [-0.05, 0) is 17.7 Å². The van der Waals surface area contributed by atoms with Crippen molar-refractivity contribution >= 4 is 33.2 Å². The molecule has 94 valence electrons. The van der Waals surface area contributed by atoms with E-state index in [1.807, 2.05) is 0 Å². The Morgan fingerprint density at radius 3 is 2.83 bits per heavy atom. The van der Waals surface area contributed by atoms with Gasteiger partial charge in [0.2, 0.25) is 0 Å². The molecule has 0 N–H and O–H groups in total. The largest absolute Gasteiger partial charge is 0.465 e. The van der Waals surface area contributed by atoms with Crippen LogP contribution in [0.25, 0.3) is 0 Å². The van der Waals surface area contributed by atoms with Gasteiger partial charge in [-0.15, -0.1) is 0 Å².